The van der Waals surface area contributed by atoms with Crippen molar-refractivity contribution in [3.8, 4) is 0 Å². The fourth-order valence-corrected chi connectivity index (χ4v) is 3.40. The van der Waals surface area contributed by atoms with Crippen LogP contribution >= 0.6 is 22.9 Å². The predicted molar refractivity (Wildman–Crippen MR) is 78.8 cm³/mol. The Kier molecular flexibility index (Phi) is 3.11. The number of anilines is 2. The number of thiophene rings is 1. The monoisotopic (exact) mass is 308 g/mol. The zero-order valence-electron chi connectivity index (χ0n) is 10.3. The van der Waals surface area contributed by atoms with Gasteiger partial charge in [-0.25, -0.2) is 9.37 Å². The zero-order chi connectivity index (χ0) is 14.3. The number of hydrogen-bond donors (Lipinski definition) is 2. The highest BCUT2D eigenvalue weighted by molar-refractivity contribution is 7.21. The van der Waals surface area contributed by atoms with Gasteiger partial charge in [-0.2, -0.15) is 4.37 Å². The lowest BCUT2D eigenvalue weighted by Crippen LogP contribution is -2.11. The number of halogens is 1. The molecule has 3 aromatic rings. The van der Waals surface area contributed by atoms with Gasteiger partial charge in [-0.3, -0.25) is 10.1 Å². The third-order valence-electron chi connectivity index (χ3n) is 2.66. The molecule has 0 atom stereocenters. The number of hydrogen-bond acceptors (Lipinski definition) is 6. The molecule has 0 saturated heterocycles. The molecule has 2 heterocycles. The van der Waals surface area contributed by atoms with E-state index < -0.39 is 11.7 Å². The smallest absolute Gasteiger partial charge is 0.269 e. The summed E-state index contributed by atoms with van der Waals surface area (Å²) >= 11 is 2.24. The topological polar surface area (TPSA) is 80.9 Å². The molecule has 5 nitrogen and oxygen atoms in total. The van der Waals surface area contributed by atoms with Crippen LogP contribution in [0.5, 0.6) is 0 Å². The molecule has 0 unspecified atom stereocenters. The molecule has 0 bridgehead atoms. The molecule has 0 aliphatic heterocycles. The average Bonchev–Trinajstić information content (AvgIpc) is 2.95. The van der Waals surface area contributed by atoms with Gasteiger partial charge in [0, 0.05) is 16.2 Å². The number of carbonyl (C=O) groups is 1. The lowest BCUT2D eigenvalue weighted by molar-refractivity contribution is 0.103. The molecular weight excluding hydrogens is 299 g/mol. The maximum Gasteiger partial charge on any atom is 0.269 e. The van der Waals surface area contributed by atoms with Gasteiger partial charge in [0.25, 0.3) is 5.91 Å². The summed E-state index contributed by atoms with van der Waals surface area (Å²) in [6.07, 6.45) is 0. The van der Waals surface area contributed by atoms with Crippen molar-refractivity contribution in [1.29, 1.82) is 0 Å². The van der Waals surface area contributed by atoms with Crippen LogP contribution in [0.4, 0.5) is 15.2 Å². The molecular formula is C12H9FN4OS2. The normalized spacial score (nSPS) is 10.9. The predicted octanol–water partition coefficient (Wildman–Crippen LogP) is 3.03. The van der Waals surface area contributed by atoms with E-state index in [-0.39, 0.29) is 16.0 Å². The Bertz CT molecular complexity index is 811. The lowest BCUT2D eigenvalue weighted by atomic mass is 10.2. The van der Waals surface area contributed by atoms with Crippen molar-refractivity contribution in [3.63, 3.8) is 0 Å². The third-order valence-corrected chi connectivity index (χ3v) is 4.55. The number of rotatable bonds is 2. The van der Waals surface area contributed by atoms with E-state index >= 15 is 0 Å². The summed E-state index contributed by atoms with van der Waals surface area (Å²) in [6, 6.07) is 4.63. The summed E-state index contributed by atoms with van der Waals surface area (Å²) in [5.74, 6) is -0.248. The van der Waals surface area contributed by atoms with Crippen LogP contribution in [0.2, 0.25) is 0 Å². The summed E-state index contributed by atoms with van der Waals surface area (Å²) in [6.45, 7) is 1.73. The highest BCUT2D eigenvalue weighted by atomic mass is 32.1. The van der Waals surface area contributed by atoms with Crippen LogP contribution < -0.4 is 11.1 Å². The molecule has 0 aliphatic carbocycles. The number of nitrogens with one attached hydrogen (secondary N) is 1. The highest BCUT2D eigenvalue weighted by Crippen LogP contribution is 2.35. The van der Waals surface area contributed by atoms with Gasteiger partial charge in [-0.1, -0.05) is 6.07 Å². The van der Waals surface area contributed by atoms with Crippen LogP contribution in [0, 0.1) is 12.7 Å². The summed E-state index contributed by atoms with van der Waals surface area (Å²) in [4.78, 5) is 16.5. The first-order chi connectivity index (χ1) is 9.56. The van der Waals surface area contributed by atoms with E-state index in [1.54, 1.807) is 19.1 Å². The Morgan fingerprint density at radius 2 is 2.25 bits per heavy atom. The van der Waals surface area contributed by atoms with Crippen LogP contribution in [-0.4, -0.2) is 15.3 Å². The quantitative estimate of drug-likeness (QED) is 0.762. The molecule has 0 radical (unpaired) electrons. The molecule has 2 aromatic heterocycles. The molecule has 3 rings (SSSR count). The Morgan fingerprint density at radius 1 is 1.45 bits per heavy atom. The van der Waals surface area contributed by atoms with Crippen LogP contribution in [0.3, 0.4) is 0 Å². The van der Waals surface area contributed by atoms with E-state index in [1.807, 2.05) is 0 Å². The number of aromatic nitrogens is 2. The number of fused-ring (bicyclic) bond motifs is 1. The van der Waals surface area contributed by atoms with Gasteiger partial charge in [0.05, 0.1) is 11.1 Å². The van der Waals surface area contributed by atoms with E-state index in [0.717, 1.165) is 22.9 Å². The first-order valence-corrected chi connectivity index (χ1v) is 7.23. The standard InChI is InChI=1S/C12H9FN4OS2/c1-5-15-12(20-17-5)16-11(18)10-9(14)8-6(13)3-2-4-7(8)19-10/h2-4H,14H2,1H3,(H,15,16,17,18). The maximum absolute atomic E-state index is 13.7. The fraction of sp³-hybridized carbons (Fsp3) is 0.0833. The van der Waals surface area contributed by atoms with Gasteiger partial charge in [-0.05, 0) is 19.1 Å². The van der Waals surface area contributed by atoms with E-state index in [4.69, 9.17) is 5.73 Å². The van der Waals surface area contributed by atoms with Crippen LogP contribution in [0.15, 0.2) is 18.2 Å². The Hall–Kier alpha value is -2.06. The molecule has 0 spiro atoms. The van der Waals surface area contributed by atoms with E-state index in [0.29, 0.717) is 15.7 Å². The number of aryl methyl sites for hydroxylation is 1. The van der Waals surface area contributed by atoms with Crippen molar-refractivity contribution in [2.24, 2.45) is 0 Å². The second kappa shape index (κ2) is 4.80. The minimum atomic E-state index is -0.429. The average molecular weight is 308 g/mol. The van der Waals surface area contributed by atoms with Gasteiger partial charge in [0.2, 0.25) is 5.13 Å². The van der Waals surface area contributed by atoms with Crippen molar-refractivity contribution in [2.75, 3.05) is 11.1 Å². The van der Waals surface area contributed by atoms with Crippen molar-refractivity contribution in [1.82, 2.24) is 9.36 Å². The number of nitrogens with zero attached hydrogens (tertiary/aromatic N) is 2. The number of amides is 1. The molecule has 1 aromatic carbocycles. The Morgan fingerprint density at radius 3 is 2.90 bits per heavy atom. The van der Waals surface area contributed by atoms with Crippen molar-refractivity contribution >= 4 is 49.7 Å². The first kappa shape index (κ1) is 12.9. The van der Waals surface area contributed by atoms with Crippen LogP contribution in [-0.2, 0) is 0 Å². The van der Waals surface area contributed by atoms with Gasteiger partial charge in [0.15, 0.2) is 0 Å². The van der Waals surface area contributed by atoms with Gasteiger partial charge >= 0.3 is 0 Å². The highest BCUT2D eigenvalue weighted by Gasteiger charge is 2.19. The summed E-state index contributed by atoms with van der Waals surface area (Å²) in [7, 11) is 0. The molecule has 20 heavy (non-hydrogen) atoms. The Labute approximate surface area is 121 Å². The first-order valence-electron chi connectivity index (χ1n) is 5.64. The molecule has 1 amide bonds. The number of benzene rings is 1. The van der Waals surface area contributed by atoms with Crippen molar-refractivity contribution in [2.45, 2.75) is 6.92 Å². The lowest BCUT2D eigenvalue weighted by Gasteiger charge is -1.99. The second-order valence-electron chi connectivity index (χ2n) is 4.06. The molecule has 0 fully saturated rings. The number of nitrogens with two attached hydrogens (primary N) is 1. The van der Waals surface area contributed by atoms with Gasteiger partial charge < -0.3 is 5.73 Å². The maximum atomic E-state index is 13.7. The van der Waals surface area contributed by atoms with E-state index in [9.17, 15) is 9.18 Å². The van der Waals surface area contributed by atoms with Crippen molar-refractivity contribution < 1.29 is 9.18 Å². The largest absolute Gasteiger partial charge is 0.397 e. The summed E-state index contributed by atoms with van der Waals surface area (Å²) in [5, 5.41) is 3.30. The molecule has 0 aliphatic rings. The SMILES string of the molecule is Cc1nsc(NC(=O)c2sc3cccc(F)c3c2N)n1. The third kappa shape index (κ3) is 2.12. The van der Waals surface area contributed by atoms with Crippen LogP contribution in [0.25, 0.3) is 10.1 Å². The molecule has 0 saturated carbocycles. The molecule has 3 N–H and O–H groups in total. The summed E-state index contributed by atoms with van der Waals surface area (Å²) in [5.41, 5.74) is 6.03. The van der Waals surface area contributed by atoms with Crippen molar-refractivity contribution in [3.05, 3.63) is 34.7 Å². The Balaban J connectivity index is 1.99. The zero-order valence-corrected chi connectivity index (χ0v) is 11.9. The van der Waals surface area contributed by atoms with Gasteiger partial charge in [0.1, 0.15) is 16.5 Å². The van der Waals surface area contributed by atoms with E-state index in [2.05, 4.69) is 14.7 Å². The van der Waals surface area contributed by atoms with Crippen LogP contribution in [0.1, 0.15) is 15.5 Å². The molecule has 102 valence electrons. The fourth-order valence-electron chi connectivity index (χ4n) is 1.80. The van der Waals surface area contributed by atoms with Gasteiger partial charge in [-0.15, -0.1) is 11.3 Å². The summed E-state index contributed by atoms with van der Waals surface area (Å²) < 4.78 is 18.3. The minimum Gasteiger partial charge on any atom is -0.397 e. The molecule has 8 heteroatoms. The minimum absolute atomic E-state index is 0.154. The number of carbonyl (C=O) groups excluding carboxylic acids is 1. The van der Waals surface area contributed by atoms with E-state index in [1.165, 1.54) is 6.07 Å². The second-order valence-corrected chi connectivity index (χ2v) is 5.86. The number of nitrogen functional groups attached to an aromatic ring is 1.